The fourth-order valence-electron chi connectivity index (χ4n) is 1.97. The summed E-state index contributed by atoms with van der Waals surface area (Å²) in [7, 11) is 0. The molecule has 1 aromatic carbocycles. The van der Waals surface area contributed by atoms with Gasteiger partial charge in [-0.1, -0.05) is 6.07 Å². The topological polar surface area (TPSA) is 61.0 Å². The Balaban J connectivity index is 1.85. The Labute approximate surface area is 117 Å². The third-order valence-electron chi connectivity index (χ3n) is 3.04. The zero-order valence-corrected chi connectivity index (χ0v) is 11.2. The first-order valence-corrected chi connectivity index (χ1v) is 6.46. The van der Waals surface area contributed by atoms with Crippen LogP contribution in [0.15, 0.2) is 54.9 Å². The van der Waals surface area contributed by atoms with Gasteiger partial charge in [-0.25, -0.2) is 0 Å². The maximum Gasteiger partial charge on any atom is 0.145 e. The number of nitrogens with two attached hydrogens (primary N) is 1. The number of aromatic nitrogens is 2. The molecule has 0 fully saturated rings. The zero-order valence-electron chi connectivity index (χ0n) is 11.2. The molecule has 0 amide bonds. The van der Waals surface area contributed by atoms with Gasteiger partial charge in [0.25, 0.3) is 0 Å². The van der Waals surface area contributed by atoms with Crippen LogP contribution in [-0.4, -0.2) is 9.97 Å². The number of rotatable bonds is 3. The summed E-state index contributed by atoms with van der Waals surface area (Å²) in [5, 5.41) is 1.09. The average Bonchev–Trinajstić information content (AvgIpc) is 2.48. The number of hydrogen-bond acceptors (Lipinski definition) is 4. The van der Waals surface area contributed by atoms with Gasteiger partial charge in [0.15, 0.2) is 0 Å². The molecule has 0 saturated carbocycles. The van der Waals surface area contributed by atoms with E-state index in [0.29, 0.717) is 5.75 Å². The van der Waals surface area contributed by atoms with Gasteiger partial charge in [0, 0.05) is 23.7 Å². The number of benzene rings is 1. The first-order valence-electron chi connectivity index (χ1n) is 6.46. The molecular weight excluding hydrogens is 250 g/mol. The van der Waals surface area contributed by atoms with Crippen LogP contribution in [0.2, 0.25) is 0 Å². The van der Waals surface area contributed by atoms with Gasteiger partial charge < -0.3 is 10.5 Å². The van der Waals surface area contributed by atoms with Crippen LogP contribution in [0.5, 0.6) is 11.5 Å². The highest BCUT2D eigenvalue weighted by Crippen LogP contribution is 2.24. The van der Waals surface area contributed by atoms with E-state index >= 15 is 0 Å². The van der Waals surface area contributed by atoms with Crippen molar-refractivity contribution in [1.82, 2.24) is 9.97 Å². The molecule has 20 heavy (non-hydrogen) atoms. The number of hydrogen-bond donors (Lipinski definition) is 1. The first-order chi connectivity index (χ1) is 9.72. The molecule has 0 aliphatic carbocycles. The summed E-state index contributed by atoms with van der Waals surface area (Å²) in [4.78, 5) is 8.58. The SMILES string of the molecule is CC(N)c1ccc(Oc2ccc3cccnc3c2)cn1. The van der Waals surface area contributed by atoms with Gasteiger partial charge in [0.1, 0.15) is 11.5 Å². The Hall–Kier alpha value is -2.46. The highest BCUT2D eigenvalue weighted by Gasteiger charge is 2.03. The normalized spacial score (nSPS) is 12.3. The number of fused-ring (bicyclic) bond motifs is 1. The van der Waals surface area contributed by atoms with Crippen molar-refractivity contribution in [3.63, 3.8) is 0 Å². The van der Waals surface area contributed by atoms with Gasteiger partial charge in [-0.2, -0.15) is 0 Å². The lowest BCUT2D eigenvalue weighted by Gasteiger charge is -2.08. The van der Waals surface area contributed by atoms with Crippen molar-refractivity contribution in [2.75, 3.05) is 0 Å². The molecule has 3 aromatic rings. The summed E-state index contributed by atoms with van der Waals surface area (Å²) in [6.45, 7) is 1.90. The van der Waals surface area contributed by atoms with Gasteiger partial charge in [-0.05, 0) is 37.3 Å². The molecule has 0 radical (unpaired) electrons. The van der Waals surface area contributed by atoms with Gasteiger partial charge in [-0.15, -0.1) is 0 Å². The lowest BCUT2D eigenvalue weighted by atomic mass is 10.2. The van der Waals surface area contributed by atoms with Crippen molar-refractivity contribution in [3.8, 4) is 11.5 Å². The maximum absolute atomic E-state index is 5.78. The predicted molar refractivity (Wildman–Crippen MR) is 78.7 cm³/mol. The van der Waals surface area contributed by atoms with Crippen LogP contribution >= 0.6 is 0 Å². The summed E-state index contributed by atoms with van der Waals surface area (Å²) in [6.07, 6.45) is 3.45. The Bertz CT molecular complexity index is 723. The largest absolute Gasteiger partial charge is 0.456 e. The second kappa shape index (κ2) is 5.27. The Morgan fingerprint density at radius 3 is 2.65 bits per heavy atom. The van der Waals surface area contributed by atoms with Gasteiger partial charge >= 0.3 is 0 Å². The van der Waals surface area contributed by atoms with E-state index in [1.807, 2.05) is 49.4 Å². The minimum absolute atomic E-state index is 0.0751. The third kappa shape index (κ3) is 2.60. The molecule has 0 spiro atoms. The van der Waals surface area contributed by atoms with Crippen LogP contribution in [0.25, 0.3) is 10.9 Å². The molecule has 4 heteroatoms. The summed E-state index contributed by atoms with van der Waals surface area (Å²) in [5.41, 5.74) is 7.52. The molecule has 0 bridgehead atoms. The number of nitrogens with zero attached hydrogens (tertiary/aromatic N) is 2. The van der Waals surface area contributed by atoms with Gasteiger partial charge in [0.2, 0.25) is 0 Å². The van der Waals surface area contributed by atoms with Crippen molar-refractivity contribution in [2.45, 2.75) is 13.0 Å². The highest BCUT2D eigenvalue weighted by atomic mass is 16.5. The summed E-state index contributed by atoms with van der Waals surface area (Å²) < 4.78 is 5.78. The van der Waals surface area contributed by atoms with E-state index in [1.165, 1.54) is 0 Å². The van der Waals surface area contributed by atoms with Crippen LogP contribution in [0.1, 0.15) is 18.7 Å². The first kappa shape index (κ1) is 12.6. The molecule has 1 atom stereocenters. The van der Waals surface area contributed by atoms with Crippen molar-refractivity contribution < 1.29 is 4.74 Å². The Morgan fingerprint density at radius 1 is 1.05 bits per heavy atom. The van der Waals surface area contributed by atoms with Crippen LogP contribution in [0.4, 0.5) is 0 Å². The fraction of sp³-hybridized carbons (Fsp3) is 0.125. The van der Waals surface area contributed by atoms with Crippen LogP contribution in [-0.2, 0) is 0 Å². The standard InChI is InChI=1S/C16H15N3O/c1-11(17)15-7-6-14(10-19-15)20-13-5-4-12-3-2-8-18-16(12)9-13/h2-11H,17H2,1H3. The summed E-state index contributed by atoms with van der Waals surface area (Å²) in [5.74, 6) is 1.43. The second-order valence-corrected chi connectivity index (χ2v) is 4.67. The summed E-state index contributed by atoms with van der Waals surface area (Å²) in [6, 6.07) is 13.4. The zero-order chi connectivity index (χ0) is 13.9. The smallest absolute Gasteiger partial charge is 0.145 e. The van der Waals surface area contributed by atoms with E-state index in [0.717, 1.165) is 22.3 Å². The van der Waals surface area contributed by atoms with Crippen molar-refractivity contribution in [2.24, 2.45) is 5.73 Å². The molecule has 2 N–H and O–H groups in total. The lowest BCUT2D eigenvalue weighted by molar-refractivity contribution is 0.480. The van der Waals surface area contributed by atoms with Crippen LogP contribution < -0.4 is 10.5 Å². The quantitative estimate of drug-likeness (QED) is 0.788. The van der Waals surface area contributed by atoms with Crippen molar-refractivity contribution >= 4 is 10.9 Å². The van der Waals surface area contributed by atoms with Crippen LogP contribution in [0, 0.1) is 0 Å². The number of ether oxygens (including phenoxy) is 1. The third-order valence-corrected chi connectivity index (χ3v) is 3.04. The van der Waals surface area contributed by atoms with Crippen molar-refractivity contribution in [1.29, 1.82) is 0 Å². The molecule has 3 rings (SSSR count). The minimum atomic E-state index is -0.0751. The summed E-state index contributed by atoms with van der Waals surface area (Å²) >= 11 is 0. The molecule has 1 unspecified atom stereocenters. The molecule has 2 aromatic heterocycles. The maximum atomic E-state index is 5.78. The Kier molecular flexibility index (Phi) is 3.31. The number of pyridine rings is 2. The van der Waals surface area contributed by atoms with E-state index in [1.54, 1.807) is 12.4 Å². The predicted octanol–water partition coefficient (Wildman–Crippen LogP) is 3.44. The van der Waals surface area contributed by atoms with Gasteiger partial charge in [0.05, 0.1) is 17.4 Å². The lowest BCUT2D eigenvalue weighted by Crippen LogP contribution is -2.06. The highest BCUT2D eigenvalue weighted by molar-refractivity contribution is 5.79. The average molecular weight is 265 g/mol. The molecule has 0 aliphatic rings. The van der Waals surface area contributed by atoms with E-state index in [9.17, 15) is 0 Å². The Morgan fingerprint density at radius 2 is 1.90 bits per heavy atom. The molecule has 0 saturated heterocycles. The van der Waals surface area contributed by atoms with E-state index in [4.69, 9.17) is 10.5 Å². The monoisotopic (exact) mass is 265 g/mol. The molecular formula is C16H15N3O. The van der Waals surface area contributed by atoms with E-state index in [2.05, 4.69) is 9.97 Å². The molecule has 4 nitrogen and oxygen atoms in total. The second-order valence-electron chi connectivity index (χ2n) is 4.67. The van der Waals surface area contributed by atoms with Gasteiger partial charge in [-0.3, -0.25) is 9.97 Å². The molecule has 2 heterocycles. The van der Waals surface area contributed by atoms with Crippen LogP contribution in [0.3, 0.4) is 0 Å². The van der Waals surface area contributed by atoms with E-state index < -0.39 is 0 Å². The molecule has 0 aliphatic heterocycles. The van der Waals surface area contributed by atoms with E-state index in [-0.39, 0.29) is 6.04 Å². The fourth-order valence-corrected chi connectivity index (χ4v) is 1.97. The molecule has 100 valence electrons. The minimum Gasteiger partial charge on any atom is -0.456 e. The van der Waals surface area contributed by atoms with Crippen molar-refractivity contribution in [3.05, 3.63) is 60.6 Å².